The number of hydrogen-bond donors (Lipinski definition) is 4. The number of H-pyrrole nitrogens is 2. The van der Waals surface area contributed by atoms with Crippen LogP contribution in [0.1, 0.15) is 34.6 Å². The fourth-order valence-electron chi connectivity index (χ4n) is 2.61. The number of ether oxygens (including phenoxy) is 1. The highest BCUT2D eigenvalue weighted by Gasteiger charge is 2.18. The third kappa shape index (κ3) is 4.47. The predicted molar refractivity (Wildman–Crippen MR) is 102 cm³/mol. The summed E-state index contributed by atoms with van der Waals surface area (Å²) in [5.41, 5.74) is -0.611. The Morgan fingerprint density at radius 3 is 2.61 bits per heavy atom. The summed E-state index contributed by atoms with van der Waals surface area (Å²) in [7, 11) is 0. The molecule has 1 atom stereocenters. The fourth-order valence-corrected chi connectivity index (χ4v) is 2.61. The van der Waals surface area contributed by atoms with E-state index in [1.54, 1.807) is 31.2 Å². The number of rotatable bonds is 6. The molecule has 2 aromatic carbocycles. The lowest BCUT2D eigenvalue weighted by molar-refractivity contribution is 0.0931. The molecule has 0 fully saturated rings. The molecule has 28 heavy (non-hydrogen) atoms. The summed E-state index contributed by atoms with van der Waals surface area (Å²) < 4.78 is 5.78. The number of aromatic amines is 2. The lowest BCUT2D eigenvalue weighted by atomic mass is 10.1. The quantitative estimate of drug-likeness (QED) is 0.519. The molecule has 0 aliphatic rings. The molecule has 3 aromatic rings. The van der Waals surface area contributed by atoms with Gasteiger partial charge in [0.2, 0.25) is 5.75 Å². The average molecular weight is 381 g/mol. The Bertz CT molecular complexity index is 1090. The van der Waals surface area contributed by atoms with Gasteiger partial charge >= 0.3 is 5.69 Å². The van der Waals surface area contributed by atoms with Crippen LogP contribution >= 0.6 is 0 Å². The number of carbonyl (C=O) groups excluding carboxylic acids is 1. The number of amides is 1. The summed E-state index contributed by atoms with van der Waals surface area (Å²) in [6, 6.07) is 16.4. The summed E-state index contributed by atoms with van der Waals surface area (Å²) in [4.78, 5) is 39.1. The molecule has 144 valence electrons. The van der Waals surface area contributed by atoms with Crippen LogP contribution < -0.4 is 21.3 Å². The van der Waals surface area contributed by atoms with E-state index in [0.29, 0.717) is 12.4 Å². The van der Waals surface area contributed by atoms with Crippen LogP contribution in [-0.4, -0.2) is 21.0 Å². The van der Waals surface area contributed by atoms with Gasteiger partial charge in [0.05, 0.1) is 6.04 Å². The zero-order valence-electron chi connectivity index (χ0n) is 15.1. The van der Waals surface area contributed by atoms with Crippen LogP contribution in [0.2, 0.25) is 0 Å². The van der Waals surface area contributed by atoms with Crippen LogP contribution in [0.5, 0.6) is 11.5 Å². The smallest absolute Gasteiger partial charge is 0.326 e. The first-order valence-electron chi connectivity index (χ1n) is 8.57. The van der Waals surface area contributed by atoms with Crippen molar-refractivity contribution in [2.45, 2.75) is 19.6 Å². The van der Waals surface area contributed by atoms with E-state index in [1.807, 2.05) is 35.3 Å². The Morgan fingerprint density at radius 1 is 1.11 bits per heavy atom. The number of nitrogens with one attached hydrogen (secondary N) is 3. The van der Waals surface area contributed by atoms with Crippen molar-refractivity contribution in [3.63, 3.8) is 0 Å². The second kappa shape index (κ2) is 8.26. The first-order chi connectivity index (χ1) is 13.4. The van der Waals surface area contributed by atoms with Crippen molar-refractivity contribution in [3.8, 4) is 11.5 Å². The maximum atomic E-state index is 12.3. The summed E-state index contributed by atoms with van der Waals surface area (Å²) in [5.74, 6) is -0.983. The summed E-state index contributed by atoms with van der Waals surface area (Å²) in [5, 5.41) is 12.3. The van der Waals surface area contributed by atoms with Crippen LogP contribution in [0.25, 0.3) is 0 Å². The Labute approximate surface area is 159 Å². The molecule has 1 amide bonds. The van der Waals surface area contributed by atoms with Gasteiger partial charge in [-0.1, -0.05) is 42.5 Å². The molecule has 1 aromatic heterocycles. The molecule has 0 bridgehead atoms. The molecule has 0 saturated heterocycles. The van der Waals surface area contributed by atoms with Gasteiger partial charge in [-0.3, -0.25) is 19.6 Å². The molecule has 3 rings (SSSR count). The average Bonchev–Trinajstić information content (AvgIpc) is 2.70. The van der Waals surface area contributed by atoms with Gasteiger partial charge in [0.1, 0.15) is 12.4 Å². The van der Waals surface area contributed by atoms with Crippen molar-refractivity contribution in [2.75, 3.05) is 0 Å². The number of benzene rings is 2. The molecule has 0 saturated carbocycles. The van der Waals surface area contributed by atoms with Gasteiger partial charge in [-0.25, -0.2) is 4.79 Å². The minimum absolute atomic E-state index is 0.410. The Kier molecular flexibility index (Phi) is 5.59. The normalized spacial score (nSPS) is 11.6. The molecule has 4 N–H and O–H groups in total. The third-order valence-electron chi connectivity index (χ3n) is 4.10. The molecule has 1 heterocycles. The molecule has 8 nitrogen and oxygen atoms in total. The first kappa shape index (κ1) is 19.0. The van der Waals surface area contributed by atoms with Crippen molar-refractivity contribution in [1.82, 2.24) is 15.3 Å². The van der Waals surface area contributed by atoms with Crippen LogP contribution in [0.4, 0.5) is 0 Å². The second-order valence-corrected chi connectivity index (χ2v) is 6.17. The van der Waals surface area contributed by atoms with Crippen molar-refractivity contribution in [1.29, 1.82) is 0 Å². The lowest BCUT2D eigenvalue weighted by Crippen LogP contribution is -2.32. The topological polar surface area (TPSA) is 124 Å². The van der Waals surface area contributed by atoms with Crippen LogP contribution in [0, 0.1) is 0 Å². The Hall–Kier alpha value is -3.81. The minimum Gasteiger partial charge on any atom is -0.501 e. The summed E-state index contributed by atoms with van der Waals surface area (Å²) >= 11 is 0. The maximum Gasteiger partial charge on any atom is 0.326 e. The van der Waals surface area contributed by atoms with E-state index >= 15 is 0 Å². The van der Waals surface area contributed by atoms with E-state index < -0.39 is 34.6 Å². The lowest BCUT2D eigenvalue weighted by Gasteiger charge is -2.16. The highest BCUT2D eigenvalue weighted by Crippen LogP contribution is 2.21. The minimum atomic E-state index is -1.03. The molecule has 0 aliphatic heterocycles. The number of hydrogen-bond acceptors (Lipinski definition) is 5. The van der Waals surface area contributed by atoms with Gasteiger partial charge in [-0.15, -0.1) is 0 Å². The molecule has 0 radical (unpaired) electrons. The Balaban J connectivity index is 1.71. The first-order valence-corrected chi connectivity index (χ1v) is 8.57. The zero-order valence-corrected chi connectivity index (χ0v) is 15.1. The fraction of sp³-hybridized carbons (Fsp3) is 0.150. The number of aromatic nitrogens is 2. The summed E-state index contributed by atoms with van der Waals surface area (Å²) in [6.07, 6.45) is 0. The van der Waals surface area contributed by atoms with Crippen LogP contribution in [-0.2, 0) is 6.61 Å². The van der Waals surface area contributed by atoms with E-state index in [2.05, 4.69) is 10.3 Å². The molecule has 0 spiro atoms. The third-order valence-corrected chi connectivity index (χ3v) is 4.10. The SMILES string of the molecule is CC(NC(=O)c1[nH]c(=O)[nH]c(=O)c1O)c1cccc(OCc2ccccc2)c1. The number of carbonyl (C=O) groups is 1. The number of aromatic hydroxyl groups is 1. The highest BCUT2D eigenvalue weighted by molar-refractivity contribution is 5.94. The van der Waals surface area contributed by atoms with Crippen LogP contribution in [0.3, 0.4) is 0 Å². The predicted octanol–water partition coefficient (Wildman–Crippen LogP) is 1.84. The van der Waals surface area contributed by atoms with Crippen molar-refractivity contribution in [2.24, 2.45) is 0 Å². The van der Waals surface area contributed by atoms with Gasteiger partial charge in [-0.05, 0) is 30.2 Å². The molecular weight excluding hydrogens is 362 g/mol. The van der Waals surface area contributed by atoms with Gasteiger partial charge in [-0.2, -0.15) is 0 Å². The van der Waals surface area contributed by atoms with E-state index in [0.717, 1.165) is 11.1 Å². The zero-order chi connectivity index (χ0) is 20.1. The van der Waals surface area contributed by atoms with Crippen molar-refractivity contribution >= 4 is 5.91 Å². The standard InChI is InChI=1S/C20H19N3O5/c1-12(21-18(25)16-17(24)19(26)23-20(27)22-16)14-8-5-9-15(10-14)28-11-13-6-3-2-4-7-13/h2-10,12,24H,11H2,1H3,(H,21,25)(H2,22,23,26,27). The summed E-state index contributed by atoms with van der Waals surface area (Å²) in [6.45, 7) is 2.14. The molecular formula is C20H19N3O5. The van der Waals surface area contributed by atoms with Gasteiger partial charge in [0, 0.05) is 0 Å². The van der Waals surface area contributed by atoms with Gasteiger partial charge in [0.25, 0.3) is 11.5 Å². The monoisotopic (exact) mass is 381 g/mol. The largest absolute Gasteiger partial charge is 0.501 e. The Morgan fingerprint density at radius 2 is 1.86 bits per heavy atom. The van der Waals surface area contributed by atoms with E-state index in [9.17, 15) is 19.5 Å². The van der Waals surface area contributed by atoms with Crippen molar-refractivity contribution in [3.05, 3.63) is 92.3 Å². The van der Waals surface area contributed by atoms with Crippen LogP contribution in [0.15, 0.2) is 64.2 Å². The van der Waals surface area contributed by atoms with E-state index in [-0.39, 0.29) is 0 Å². The maximum absolute atomic E-state index is 12.3. The highest BCUT2D eigenvalue weighted by atomic mass is 16.5. The van der Waals surface area contributed by atoms with E-state index in [4.69, 9.17) is 4.74 Å². The van der Waals surface area contributed by atoms with Gasteiger partial charge in [0.15, 0.2) is 5.69 Å². The molecule has 8 heteroatoms. The van der Waals surface area contributed by atoms with E-state index in [1.165, 1.54) is 0 Å². The van der Waals surface area contributed by atoms with Gasteiger partial charge < -0.3 is 15.2 Å². The second-order valence-electron chi connectivity index (χ2n) is 6.17. The van der Waals surface area contributed by atoms with Crippen molar-refractivity contribution < 1.29 is 14.6 Å². The molecule has 1 unspecified atom stereocenters. The molecule has 0 aliphatic carbocycles.